The minimum absolute atomic E-state index is 0.0526. The first kappa shape index (κ1) is 16.2. The van der Waals surface area contributed by atoms with Crippen molar-refractivity contribution in [2.45, 2.75) is 0 Å². The molecule has 1 aromatic carbocycles. The summed E-state index contributed by atoms with van der Waals surface area (Å²) in [7, 11) is -1.04. The molecule has 0 aliphatic rings. The SMILES string of the molecule is COCCNS(=O)(=O)Nc1ccc(OC)cc1C(=O)O. The molecule has 0 saturated heterocycles. The van der Waals surface area contributed by atoms with Gasteiger partial charge in [0.1, 0.15) is 5.75 Å². The Kier molecular flexibility index (Phi) is 5.74. The van der Waals surface area contributed by atoms with E-state index < -0.39 is 16.2 Å². The summed E-state index contributed by atoms with van der Waals surface area (Å²) in [5.74, 6) is -0.948. The van der Waals surface area contributed by atoms with Gasteiger partial charge >= 0.3 is 5.97 Å². The van der Waals surface area contributed by atoms with Gasteiger partial charge in [0.25, 0.3) is 10.2 Å². The molecule has 0 amide bonds. The largest absolute Gasteiger partial charge is 0.497 e. The number of carboxylic acids is 1. The fraction of sp³-hybridized carbons (Fsp3) is 0.364. The summed E-state index contributed by atoms with van der Waals surface area (Å²) >= 11 is 0. The van der Waals surface area contributed by atoms with E-state index in [9.17, 15) is 13.2 Å². The Morgan fingerprint density at radius 2 is 2.05 bits per heavy atom. The predicted molar refractivity (Wildman–Crippen MR) is 72.4 cm³/mol. The minimum atomic E-state index is -3.87. The maximum atomic E-state index is 11.7. The van der Waals surface area contributed by atoms with Gasteiger partial charge in [0.2, 0.25) is 0 Å². The molecule has 3 N–H and O–H groups in total. The summed E-state index contributed by atoms with van der Waals surface area (Å²) in [5, 5.41) is 9.07. The van der Waals surface area contributed by atoms with Crippen molar-refractivity contribution in [1.29, 1.82) is 0 Å². The average Bonchev–Trinajstić information content (AvgIpc) is 2.38. The zero-order valence-corrected chi connectivity index (χ0v) is 11.9. The molecular weight excluding hydrogens is 288 g/mol. The Morgan fingerprint density at radius 3 is 2.60 bits per heavy atom. The first-order valence-electron chi connectivity index (χ1n) is 5.57. The average molecular weight is 304 g/mol. The van der Waals surface area contributed by atoms with Gasteiger partial charge in [-0.05, 0) is 18.2 Å². The van der Waals surface area contributed by atoms with Gasteiger partial charge < -0.3 is 14.6 Å². The summed E-state index contributed by atoms with van der Waals surface area (Å²) in [6.07, 6.45) is 0. The number of anilines is 1. The molecule has 0 bridgehead atoms. The van der Waals surface area contributed by atoms with E-state index in [0.29, 0.717) is 5.75 Å². The van der Waals surface area contributed by atoms with Crippen LogP contribution >= 0.6 is 0 Å². The number of nitrogens with one attached hydrogen (secondary N) is 2. The molecule has 112 valence electrons. The van der Waals surface area contributed by atoms with E-state index in [1.54, 1.807) is 0 Å². The Morgan fingerprint density at radius 1 is 1.35 bits per heavy atom. The van der Waals surface area contributed by atoms with Gasteiger partial charge in [-0.1, -0.05) is 0 Å². The number of ether oxygens (including phenoxy) is 2. The van der Waals surface area contributed by atoms with E-state index in [4.69, 9.17) is 14.6 Å². The van der Waals surface area contributed by atoms with Crippen LogP contribution in [0, 0.1) is 0 Å². The van der Waals surface area contributed by atoms with E-state index in [1.807, 2.05) is 0 Å². The number of carbonyl (C=O) groups is 1. The molecule has 0 heterocycles. The Labute approximate surface area is 116 Å². The van der Waals surface area contributed by atoms with Crippen LogP contribution in [-0.4, -0.2) is 46.9 Å². The van der Waals surface area contributed by atoms with Crippen molar-refractivity contribution < 1.29 is 27.8 Å². The molecule has 0 atom stereocenters. The lowest BCUT2D eigenvalue weighted by molar-refractivity contribution is 0.0697. The van der Waals surface area contributed by atoms with Crippen LogP contribution in [-0.2, 0) is 14.9 Å². The molecule has 0 radical (unpaired) electrons. The first-order chi connectivity index (χ1) is 9.39. The van der Waals surface area contributed by atoms with Crippen LogP contribution in [0.1, 0.15) is 10.4 Å². The summed E-state index contributed by atoms with van der Waals surface area (Å²) < 4.78 is 37.4. The molecule has 0 aliphatic carbocycles. The molecule has 0 fully saturated rings. The lowest BCUT2D eigenvalue weighted by Gasteiger charge is -2.12. The molecule has 9 heteroatoms. The van der Waals surface area contributed by atoms with Gasteiger partial charge in [0, 0.05) is 13.7 Å². The van der Waals surface area contributed by atoms with E-state index in [0.717, 1.165) is 0 Å². The van der Waals surface area contributed by atoms with Crippen LogP contribution in [0.3, 0.4) is 0 Å². The molecule has 0 saturated carbocycles. The van der Waals surface area contributed by atoms with Crippen molar-refractivity contribution >= 4 is 21.9 Å². The van der Waals surface area contributed by atoms with Crippen molar-refractivity contribution in [3.63, 3.8) is 0 Å². The molecule has 0 aromatic heterocycles. The van der Waals surface area contributed by atoms with E-state index in [-0.39, 0.29) is 24.4 Å². The second-order valence-corrected chi connectivity index (χ2v) is 5.21. The Hall–Kier alpha value is -1.84. The van der Waals surface area contributed by atoms with Crippen LogP contribution < -0.4 is 14.2 Å². The molecule has 0 spiro atoms. The quantitative estimate of drug-likeness (QED) is 0.595. The van der Waals surface area contributed by atoms with Gasteiger partial charge in [-0.25, -0.2) is 4.79 Å². The second-order valence-electron chi connectivity index (χ2n) is 3.71. The fourth-order valence-electron chi connectivity index (χ4n) is 1.38. The molecule has 0 unspecified atom stereocenters. The number of aromatic carboxylic acids is 1. The zero-order chi connectivity index (χ0) is 15.2. The van der Waals surface area contributed by atoms with Gasteiger partial charge in [0.15, 0.2) is 0 Å². The zero-order valence-electron chi connectivity index (χ0n) is 11.0. The highest BCUT2D eigenvalue weighted by Gasteiger charge is 2.16. The van der Waals surface area contributed by atoms with Crippen LogP contribution in [0.15, 0.2) is 18.2 Å². The maximum Gasteiger partial charge on any atom is 0.337 e. The fourth-order valence-corrected chi connectivity index (χ4v) is 2.27. The number of benzene rings is 1. The van der Waals surface area contributed by atoms with Crippen molar-refractivity contribution in [2.24, 2.45) is 0 Å². The highest BCUT2D eigenvalue weighted by atomic mass is 32.2. The predicted octanol–water partition coefficient (Wildman–Crippen LogP) is 0.286. The topological polar surface area (TPSA) is 114 Å². The first-order valence-corrected chi connectivity index (χ1v) is 7.05. The lowest BCUT2D eigenvalue weighted by Crippen LogP contribution is -2.33. The molecule has 20 heavy (non-hydrogen) atoms. The van der Waals surface area contributed by atoms with Gasteiger partial charge in [0.05, 0.1) is 25.0 Å². The number of methoxy groups -OCH3 is 2. The Balaban J connectivity index is 2.94. The number of rotatable bonds is 8. The van der Waals surface area contributed by atoms with Crippen molar-refractivity contribution in [3.8, 4) is 5.75 Å². The third kappa shape index (κ3) is 4.68. The lowest BCUT2D eigenvalue weighted by atomic mass is 10.2. The van der Waals surface area contributed by atoms with Gasteiger partial charge in [-0.15, -0.1) is 0 Å². The molecule has 1 aromatic rings. The minimum Gasteiger partial charge on any atom is -0.497 e. The Bertz CT molecular complexity index is 572. The summed E-state index contributed by atoms with van der Waals surface area (Å²) in [4.78, 5) is 11.1. The summed E-state index contributed by atoms with van der Waals surface area (Å²) in [6, 6.07) is 4.01. The highest BCUT2D eigenvalue weighted by Crippen LogP contribution is 2.22. The molecule has 1 rings (SSSR count). The van der Waals surface area contributed by atoms with Crippen LogP contribution in [0.25, 0.3) is 0 Å². The van der Waals surface area contributed by atoms with E-state index in [2.05, 4.69) is 9.44 Å². The third-order valence-corrected chi connectivity index (χ3v) is 3.37. The van der Waals surface area contributed by atoms with Gasteiger partial charge in [-0.2, -0.15) is 13.1 Å². The smallest absolute Gasteiger partial charge is 0.337 e. The van der Waals surface area contributed by atoms with Crippen molar-refractivity contribution in [1.82, 2.24) is 4.72 Å². The van der Waals surface area contributed by atoms with Crippen LogP contribution in [0.5, 0.6) is 5.75 Å². The normalized spacial score (nSPS) is 11.1. The monoisotopic (exact) mass is 304 g/mol. The summed E-state index contributed by atoms with van der Waals surface area (Å²) in [6.45, 7) is 0.277. The van der Waals surface area contributed by atoms with Crippen molar-refractivity contribution in [2.75, 3.05) is 32.1 Å². The second kappa shape index (κ2) is 7.08. The number of hydrogen-bond donors (Lipinski definition) is 3. The van der Waals surface area contributed by atoms with Gasteiger partial charge in [-0.3, -0.25) is 4.72 Å². The number of carboxylic acid groups (broad SMARTS) is 1. The standard InChI is InChI=1S/C11H16N2O6S/c1-18-6-5-12-20(16,17)13-10-4-3-8(19-2)7-9(10)11(14)15/h3-4,7,12-13H,5-6H2,1-2H3,(H,14,15). The van der Waals surface area contributed by atoms with Crippen molar-refractivity contribution in [3.05, 3.63) is 23.8 Å². The van der Waals surface area contributed by atoms with Crippen LogP contribution in [0.2, 0.25) is 0 Å². The summed E-state index contributed by atoms with van der Waals surface area (Å²) in [5.41, 5.74) is -0.260. The molecule has 0 aliphatic heterocycles. The number of hydrogen-bond acceptors (Lipinski definition) is 5. The maximum absolute atomic E-state index is 11.7. The molecule has 8 nitrogen and oxygen atoms in total. The van der Waals surface area contributed by atoms with Crippen LogP contribution in [0.4, 0.5) is 5.69 Å². The highest BCUT2D eigenvalue weighted by molar-refractivity contribution is 7.90. The molecular formula is C11H16N2O6S. The van der Waals surface area contributed by atoms with E-state index >= 15 is 0 Å². The third-order valence-electron chi connectivity index (χ3n) is 2.30. The van der Waals surface area contributed by atoms with E-state index in [1.165, 1.54) is 32.4 Å².